The molecular formula is C14H16BrNO3. The van der Waals surface area contributed by atoms with Crippen LogP contribution in [0.15, 0.2) is 45.7 Å². The SMILES string of the molecule is COc1ccc(OCCNCc2ccoc2)c(Br)c1. The van der Waals surface area contributed by atoms with Crippen molar-refractivity contribution in [1.29, 1.82) is 0 Å². The summed E-state index contributed by atoms with van der Waals surface area (Å²) in [5.41, 5.74) is 1.13. The minimum Gasteiger partial charge on any atom is -0.497 e. The van der Waals surface area contributed by atoms with Gasteiger partial charge in [-0.1, -0.05) is 0 Å². The average molecular weight is 326 g/mol. The van der Waals surface area contributed by atoms with Crippen LogP contribution in [0.4, 0.5) is 0 Å². The van der Waals surface area contributed by atoms with Crippen molar-refractivity contribution in [2.45, 2.75) is 6.54 Å². The molecule has 102 valence electrons. The second-order valence-corrected chi connectivity index (χ2v) is 4.81. The van der Waals surface area contributed by atoms with E-state index in [9.17, 15) is 0 Å². The molecule has 19 heavy (non-hydrogen) atoms. The highest BCUT2D eigenvalue weighted by molar-refractivity contribution is 9.10. The third-order valence-electron chi connectivity index (χ3n) is 2.58. The van der Waals surface area contributed by atoms with E-state index in [0.717, 1.165) is 34.6 Å². The molecule has 0 aliphatic rings. The topological polar surface area (TPSA) is 43.6 Å². The lowest BCUT2D eigenvalue weighted by molar-refractivity contribution is 0.311. The van der Waals surface area contributed by atoms with Crippen LogP contribution in [0.3, 0.4) is 0 Å². The van der Waals surface area contributed by atoms with Gasteiger partial charge in [-0.05, 0) is 40.2 Å². The van der Waals surface area contributed by atoms with Gasteiger partial charge in [-0.3, -0.25) is 0 Å². The molecule has 4 nitrogen and oxygen atoms in total. The molecule has 0 saturated heterocycles. The fourth-order valence-corrected chi connectivity index (χ4v) is 2.06. The van der Waals surface area contributed by atoms with Crippen molar-refractivity contribution in [2.75, 3.05) is 20.3 Å². The summed E-state index contributed by atoms with van der Waals surface area (Å²) in [5.74, 6) is 1.61. The normalized spacial score (nSPS) is 10.4. The zero-order valence-corrected chi connectivity index (χ0v) is 12.3. The summed E-state index contributed by atoms with van der Waals surface area (Å²) in [5, 5.41) is 3.28. The first-order chi connectivity index (χ1) is 9.29. The van der Waals surface area contributed by atoms with Crippen molar-refractivity contribution in [3.63, 3.8) is 0 Å². The van der Waals surface area contributed by atoms with E-state index in [0.29, 0.717) is 6.61 Å². The van der Waals surface area contributed by atoms with Gasteiger partial charge in [0.15, 0.2) is 0 Å². The molecule has 0 fully saturated rings. The number of furan rings is 1. The number of halogens is 1. The van der Waals surface area contributed by atoms with Crippen LogP contribution in [0.2, 0.25) is 0 Å². The molecule has 0 saturated carbocycles. The monoisotopic (exact) mass is 325 g/mol. The van der Waals surface area contributed by atoms with Gasteiger partial charge in [-0.2, -0.15) is 0 Å². The van der Waals surface area contributed by atoms with Gasteiger partial charge in [0.1, 0.15) is 18.1 Å². The minimum absolute atomic E-state index is 0.600. The lowest BCUT2D eigenvalue weighted by Crippen LogP contribution is -2.20. The summed E-state index contributed by atoms with van der Waals surface area (Å²) >= 11 is 3.45. The maximum absolute atomic E-state index is 5.67. The van der Waals surface area contributed by atoms with E-state index < -0.39 is 0 Å². The Balaban J connectivity index is 1.70. The zero-order valence-electron chi connectivity index (χ0n) is 10.7. The number of benzene rings is 1. The quantitative estimate of drug-likeness (QED) is 0.794. The third kappa shape index (κ3) is 4.29. The Labute approximate surface area is 120 Å². The Morgan fingerprint density at radius 1 is 1.32 bits per heavy atom. The van der Waals surface area contributed by atoms with Crippen LogP contribution in [0, 0.1) is 0 Å². The summed E-state index contributed by atoms with van der Waals surface area (Å²) in [7, 11) is 1.64. The van der Waals surface area contributed by atoms with Crippen LogP contribution in [0.1, 0.15) is 5.56 Å². The van der Waals surface area contributed by atoms with Crippen LogP contribution >= 0.6 is 15.9 Å². The smallest absolute Gasteiger partial charge is 0.133 e. The molecular weight excluding hydrogens is 310 g/mol. The first-order valence-electron chi connectivity index (χ1n) is 5.97. The standard InChI is InChI=1S/C14H16BrNO3/c1-17-12-2-3-14(13(15)8-12)19-7-5-16-9-11-4-6-18-10-11/h2-4,6,8,10,16H,5,7,9H2,1H3. The Bertz CT molecular complexity index is 499. The summed E-state index contributed by atoms with van der Waals surface area (Å²) in [6.07, 6.45) is 3.40. The van der Waals surface area contributed by atoms with E-state index in [-0.39, 0.29) is 0 Å². The average Bonchev–Trinajstić information content (AvgIpc) is 2.93. The second kappa shape index (κ2) is 7.21. The molecule has 1 N–H and O–H groups in total. The maximum atomic E-state index is 5.67. The molecule has 0 spiro atoms. The van der Waals surface area contributed by atoms with Crippen molar-refractivity contribution in [1.82, 2.24) is 5.32 Å². The fourth-order valence-electron chi connectivity index (χ4n) is 1.58. The van der Waals surface area contributed by atoms with Gasteiger partial charge < -0.3 is 19.2 Å². The molecule has 0 amide bonds. The van der Waals surface area contributed by atoms with Gasteiger partial charge >= 0.3 is 0 Å². The molecule has 0 atom stereocenters. The van der Waals surface area contributed by atoms with Gasteiger partial charge in [0.2, 0.25) is 0 Å². The van der Waals surface area contributed by atoms with Crippen molar-refractivity contribution >= 4 is 15.9 Å². The van der Waals surface area contributed by atoms with Gasteiger partial charge in [0, 0.05) is 18.7 Å². The highest BCUT2D eigenvalue weighted by Gasteiger charge is 2.02. The molecule has 0 unspecified atom stereocenters. The number of hydrogen-bond acceptors (Lipinski definition) is 4. The molecule has 2 rings (SSSR count). The van der Waals surface area contributed by atoms with E-state index in [1.54, 1.807) is 19.6 Å². The van der Waals surface area contributed by atoms with Crippen LogP contribution in [-0.4, -0.2) is 20.3 Å². The predicted octanol–water partition coefficient (Wildman–Crippen LogP) is 3.22. The molecule has 5 heteroatoms. The van der Waals surface area contributed by atoms with Crippen molar-refractivity contribution in [3.05, 3.63) is 46.8 Å². The van der Waals surface area contributed by atoms with Crippen molar-refractivity contribution in [3.8, 4) is 11.5 Å². The van der Waals surface area contributed by atoms with Crippen LogP contribution < -0.4 is 14.8 Å². The number of rotatable bonds is 7. The lowest BCUT2D eigenvalue weighted by atomic mass is 10.3. The van der Waals surface area contributed by atoms with Gasteiger partial charge in [0.05, 0.1) is 24.1 Å². The number of hydrogen-bond donors (Lipinski definition) is 1. The highest BCUT2D eigenvalue weighted by Crippen LogP contribution is 2.28. The summed E-state index contributed by atoms with van der Waals surface area (Å²) in [6.45, 7) is 2.15. The van der Waals surface area contributed by atoms with Crippen molar-refractivity contribution < 1.29 is 13.9 Å². The molecule has 1 heterocycles. The molecule has 0 aliphatic heterocycles. The molecule has 0 aliphatic carbocycles. The van der Waals surface area contributed by atoms with Gasteiger partial charge in [0.25, 0.3) is 0 Å². The van der Waals surface area contributed by atoms with E-state index in [4.69, 9.17) is 13.9 Å². The highest BCUT2D eigenvalue weighted by atomic mass is 79.9. The summed E-state index contributed by atoms with van der Waals surface area (Å²) in [6, 6.07) is 7.58. The summed E-state index contributed by atoms with van der Waals surface area (Å²) < 4.78 is 16.7. The van der Waals surface area contributed by atoms with Gasteiger partial charge in [-0.15, -0.1) is 0 Å². The first-order valence-corrected chi connectivity index (χ1v) is 6.77. The van der Waals surface area contributed by atoms with E-state index in [1.807, 2.05) is 24.3 Å². The first kappa shape index (κ1) is 14.0. The molecule has 0 radical (unpaired) electrons. The Morgan fingerprint density at radius 3 is 2.89 bits per heavy atom. The predicted molar refractivity (Wildman–Crippen MR) is 76.6 cm³/mol. The van der Waals surface area contributed by atoms with E-state index in [1.165, 1.54) is 0 Å². The summed E-state index contributed by atoms with van der Waals surface area (Å²) in [4.78, 5) is 0. The molecule has 1 aromatic carbocycles. The Morgan fingerprint density at radius 2 is 2.21 bits per heavy atom. The Kier molecular flexibility index (Phi) is 5.30. The van der Waals surface area contributed by atoms with E-state index in [2.05, 4.69) is 21.2 Å². The zero-order chi connectivity index (χ0) is 13.5. The molecule has 0 bridgehead atoms. The van der Waals surface area contributed by atoms with Crippen LogP contribution in [0.25, 0.3) is 0 Å². The fraction of sp³-hybridized carbons (Fsp3) is 0.286. The van der Waals surface area contributed by atoms with Gasteiger partial charge in [-0.25, -0.2) is 0 Å². The van der Waals surface area contributed by atoms with E-state index >= 15 is 0 Å². The lowest BCUT2D eigenvalue weighted by Gasteiger charge is -2.09. The van der Waals surface area contributed by atoms with Crippen molar-refractivity contribution in [2.24, 2.45) is 0 Å². The maximum Gasteiger partial charge on any atom is 0.133 e. The number of nitrogens with one attached hydrogen (secondary N) is 1. The van der Waals surface area contributed by atoms with Crippen LogP contribution in [0.5, 0.6) is 11.5 Å². The second-order valence-electron chi connectivity index (χ2n) is 3.95. The minimum atomic E-state index is 0.600. The number of ether oxygens (including phenoxy) is 2. The molecule has 1 aromatic heterocycles. The largest absolute Gasteiger partial charge is 0.497 e. The van der Waals surface area contributed by atoms with Crippen LogP contribution in [-0.2, 0) is 6.54 Å². The number of methoxy groups -OCH3 is 1. The Hall–Kier alpha value is -1.46. The third-order valence-corrected chi connectivity index (χ3v) is 3.20. The molecule has 2 aromatic rings.